The van der Waals surface area contributed by atoms with Crippen LogP contribution in [0.25, 0.3) is 0 Å². The molecule has 0 saturated carbocycles. The molecular weight excluding hydrogens is 193 g/mol. The van der Waals surface area contributed by atoms with Crippen LogP contribution in [-0.4, -0.2) is 12.0 Å². The number of halogens is 3. The molecule has 0 aromatic carbocycles. The van der Waals surface area contributed by atoms with Crippen LogP contribution in [0.15, 0.2) is 18.5 Å². The van der Waals surface area contributed by atoms with Crippen LogP contribution in [-0.2, 0) is 6.18 Å². The van der Waals surface area contributed by atoms with E-state index in [9.17, 15) is 13.2 Å². The number of aromatic nitrogens is 1. The standard InChI is InChI=1S/C7H7F3N2.C2H6/c1-11-6-2-5(3-12-4-6)7(8,9)10;1-2/h2-4,11H,1H3;1-2H3. The second-order valence-electron chi connectivity index (χ2n) is 2.21. The van der Waals surface area contributed by atoms with Crippen molar-refractivity contribution >= 4 is 5.69 Å². The molecule has 0 fully saturated rings. The third-order valence-electron chi connectivity index (χ3n) is 1.35. The Bertz CT molecular complexity index is 271. The van der Waals surface area contributed by atoms with Gasteiger partial charge in [-0.1, -0.05) is 13.8 Å². The Hall–Kier alpha value is -1.26. The van der Waals surface area contributed by atoms with Gasteiger partial charge in [0.2, 0.25) is 0 Å². The lowest BCUT2D eigenvalue weighted by atomic mass is 10.2. The van der Waals surface area contributed by atoms with Gasteiger partial charge in [-0.15, -0.1) is 0 Å². The third-order valence-corrected chi connectivity index (χ3v) is 1.35. The minimum atomic E-state index is -4.32. The topological polar surface area (TPSA) is 24.9 Å². The van der Waals surface area contributed by atoms with Crippen molar-refractivity contribution in [3.63, 3.8) is 0 Å². The zero-order valence-corrected chi connectivity index (χ0v) is 8.31. The number of nitrogens with one attached hydrogen (secondary N) is 1. The first-order chi connectivity index (χ1) is 6.54. The predicted molar refractivity (Wildman–Crippen MR) is 50.1 cm³/mol. The summed E-state index contributed by atoms with van der Waals surface area (Å²) in [7, 11) is 1.54. The fourth-order valence-electron chi connectivity index (χ4n) is 0.732. The molecule has 1 aromatic heterocycles. The minimum Gasteiger partial charge on any atom is -0.387 e. The first kappa shape index (κ1) is 12.7. The van der Waals surface area contributed by atoms with Crippen LogP contribution in [0.4, 0.5) is 18.9 Å². The Balaban J connectivity index is 0.000000791. The van der Waals surface area contributed by atoms with Gasteiger partial charge in [-0.3, -0.25) is 4.98 Å². The van der Waals surface area contributed by atoms with Crippen molar-refractivity contribution in [3.05, 3.63) is 24.0 Å². The van der Waals surface area contributed by atoms with Crippen molar-refractivity contribution in [2.45, 2.75) is 20.0 Å². The number of rotatable bonds is 1. The highest BCUT2D eigenvalue weighted by atomic mass is 19.4. The molecule has 0 saturated heterocycles. The Morgan fingerprint density at radius 3 is 2.21 bits per heavy atom. The molecule has 0 unspecified atom stereocenters. The van der Waals surface area contributed by atoms with Crippen molar-refractivity contribution in [1.82, 2.24) is 4.98 Å². The van der Waals surface area contributed by atoms with Crippen LogP contribution in [0.2, 0.25) is 0 Å². The summed E-state index contributed by atoms with van der Waals surface area (Å²) in [5.74, 6) is 0. The average Bonchev–Trinajstić information content (AvgIpc) is 2.20. The van der Waals surface area contributed by atoms with E-state index >= 15 is 0 Å². The average molecular weight is 206 g/mol. The molecule has 80 valence electrons. The zero-order chi connectivity index (χ0) is 11.2. The van der Waals surface area contributed by atoms with Crippen LogP contribution in [0.5, 0.6) is 0 Å². The van der Waals surface area contributed by atoms with Crippen molar-refractivity contribution in [3.8, 4) is 0 Å². The summed E-state index contributed by atoms with van der Waals surface area (Å²) in [6.07, 6.45) is -2.20. The molecular formula is C9H13F3N2. The van der Waals surface area contributed by atoms with E-state index in [-0.39, 0.29) is 0 Å². The lowest BCUT2D eigenvalue weighted by Gasteiger charge is -2.06. The van der Waals surface area contributed by atoms with E-state index in [0.717, 1.165) is 12.3 Å². The fraction of sp³-hybridized carbons (Fsp3) is 0.444. The van der Waals surface area contributed by atoms with E-state index in [4.69, 9.17) is 0 Å². The molecule has 0 radical (unpaired) electrons. The van der Waals surface area contributed by atoms with Crippen LogP contribution in [0.1, 0.15) is 19.4 Å². The first-order valence-electron chi connectivity index (χ1n) is 4.24. The number of pyridine rings is 1. The molecule has 1 aromatic rings. The van der Waals surface area contributed by atoms with E-state index in [1.165, 1.54) is 13.2 Å². The Kier molecular flexibility index (Phi) is 4.97. The van der Waals surface area contributed by atoms with Gasteiger partial charge in [0.25, 0.3) is 0 Å². The molecule has 14 heavy (non-hydrogen) atoms. The van der Waals surface area contributed by atoms with Gasteiger partial charge in [-0.05, 0) is 6.07 Å². The van der Waals surface area contributed by atoms with E-state index in [0.29, 0.717) is 5.69 Å². The van der Waals surface area contributed by atoms with E-state index < -0.39 is 11.7 Å². The van der Waals surface area contributed by atoms with Gasteiger partial charge in [-0.2, -0.15) is 13.2 Å². The maximum absolute atomic E-state index is 12.0. The highest BCUT2D eigenvalue weighted by Gasteiger charge is 2.30. The van der Waals surface area contributed by atoms with Gasteiger partial charge in [0.1, 0.15) is 0 Å². The maximum atomic E-state index is 12.0. The quantitative estimate of drug-likeness (QED) is 0.763. The molecule has 1 rings (SSSR count). The maximum Gasteiger partial charge on any atom is 0.417 e. The van der Waals surface area contributed by atoms with Crippen LogP contribution in [0.3, 0.4) is 0 Å². The second kappa shape index (κ2) is 5.47. The number of nitrogens with zero attached hydrogens (tertiary/aromatic N) is 1. The smallest absolute Gasteiger partial charge is 0.387 e. The SMILES string of the molecule is CC.CNc1cncc(C(F)(F)F)c1. The molecule has 2 nitrogen and oxygen atoms in total. The van der Waals surface area contributed by atoms with Gasteiger partial charge in [-0.25, -0.2) is 0 Å². The Morgan fingerprint density at radius 1 is 1.21 bits per heavy atom. The molecule has 1 N–H and O–H groups in total. The van der Waals surface area contributed by atoms with Crippen molar-refractivity contribution in [2.24, 2.45) is 0 Å². The molecule has 0 aliphatic rings. The molecule has 1 heterocycles. The number of anilines is 1. The zero-order valence-electron chi connectivity index (χ0n) is 8.31. The molecule has 5 heteroatoms. The number of hydrogen-bond donors (Lipinski definition) is 1. The van der Waals surface area contributed by atoms with Gasteiger partial charge >= 0.3 is 6.18 Å². The largest absolute Gasteiger partial charge is 0.417 e. The summed E-state index contributed by atoms with van der Waals surface area (Å²) in [5, 5.41) is 2.58. The van der Waals surface area contributed by atoms with Gasteiger partial charge < -0.3 is 5.32 Å². The second-order valence-corrected chi connectivity index (χ2v) is 2.21. The monoisotopic (exact) mass is 206 g/mol. The summed E-state index contributed by atoms with van der Waals surface area (Å²) in [5.41, 5.74) is -0.390. The molecule has 0 aliphatic carbocycles. The van der Waals surface area contributed by atoms with Crippen LogP contribution < -0.4 is 5.32 Å². The van der Waals surface area contributed by atoms with Crippen LogP contribution in [0, 0.1) is 0 Å². The normalized spacial score (nSPS) is 10.1. The summed E-state index contributed by atoms with van der Waals surface area (Å²) >= 11 is 0. The molecule has 0 atom stereocenters. The van der Waals surface area contributed by atoms with E-state index in [2.05, 4.69) is 10.3 Å². The van der Waals surface area contributed by atoms with E-state index in [1.54, 1.807) is 0 Å². The van der Waals surface area contributed by atoms with E-state index in [1.807, 2.05) is 13.8 Å². The minimum absolute atomic E-state index is 0.352. The predicted octanol–water partition coefficient (Wildman–Crippen LogP) is 3.17. The lowest BCUT2D eigenvalue weighted by molar-refractivity contribution is -0.137. The highest BCUT2D eigenvalue weighted by molar-refractivity contribution is 5.42. The van der Waals surface area contributed by atoms with Gasteiger partial charge in [0.15, 0.2) is 0 Å². The highest BCUT2D eigenvalue weighted by Crippen LogP contribution is 2.29. The summed E-state index contributed by atoms with van der Waals surface area (Å²) < 4.78 is 36.1. The summed E-state index contributed by atoms with van der Waals surface area (Å²) in [6, 6.07) is 1.01. The van der Waals surface area contributed by atoms with Crippen molar-refractivity contribution in [2.75, 3.05) is 12.4 Å². The fourth-order valence-corrected chi connectivity index (χ4v) is 0.732. The van der Waals surface area contributed by atoms with Gasteiger partial charge in [0, 0.05) is 19.4 Å². The molecule has 0 amide bonds. The Labute approximate surface area is 81.2 Å². The van der Waals surface area contributed by atoms with Gasteiger partial charge in [0.05, 0.1) is 11.3 Å². The van der Waals surface area contributed by atoms with Crippen molar-refractivity contribution < 1.29 is 13.2 Å². The van der Waals surface area contributed by atoms with Crippen molar-refractivity contribution in [1.29, 1.82) is 0 Å². The number of alkyl halides is 3. The molecule has 0 aliphatic heterocycles. The molecule has 0 spiro atoms. The molecule has 0 bridgehead atoms. The first-order valence-corrected chi connectivity index (χ1v) is 4.24. The lowest BCUT2D eigenvalue weighted by Crippen LogP contribution is -2.06. The van der Waals surface area contributed by atoms with Crippen LogP contribution >= 0.6 is 0 Å². The Morgan fingerprint density at radius 2 is 1.79 bits per heavy atom. The summed E-state index contributed by atoms with van der Waals surface area (Å²) in [6.45, 7) is 4.00. The third kappa shape index (κ3) is 3.64. The summed E-state index contributed by atoms with van der Waals surface area (Å²) in [4.78, 5) is 3.44. The number of hydrogen-bond acceptors (Lipinski definition) is 2.